The fourth-order valence-electron chi connectivity index (χ4n) is 0.649. The van der Waals surface area contributed by atoms with E-state index in [4.69, 9.17) is 10.2 Å². The van der Waals surface area contributed by atoms with Gasteiger partial charge in [0.1, 0.15) is 6.54 Å². The number of aliphatic hydroxyl groups excluding tert-OH is 1. The summed E-state index contributed by atoms with van der Waals surface area (Å²) >= 11 is 0. The zero-order chi connectivity index (χ0) is 10.3. The fourth-order valence-corrected chi connectivity index (χ4v) is 0.649. The van der Waals surface area contributed by atoms with Gasteiger partial charge in [-0.2, -0.15) is 0 Å². The molecule has 0 rings (SSSR count). The SMILES string of the molecule is C=COC(=O)CN(CCO)C(=O)O. The van der Waals surface area contributed by atoms with Crippen LogP contribution in [0.2, 0.25) is 0 Å². The normalized spacial score (nSPS) is 9.00. The summed E-state index contributed by atoms with van der Waals surface area (Å²) in [6, 6.07) is 0. The van der Waals surface area contributed by atoms with Crippen LogP contribution in [-0.2, 0) is 9.53 Å². The van der Waals surface area contributed by atoms with Crippen molar-refractivity contribution in [1.82, 2.24) is 4.90 Å². The van der Waals surface area contributed by atoms with Crippen molar-refractivity contribution in [1.29, 1.82) is 0 Å². The molecule has 0 atom stereocenters. The lowest BCUT2D eigenvalue weighted by Gasteiger charge is -2.15. The zero-order valence-electron chi connectivity index (χ0n) is 6.97. The number of esters is 1. The number of ether oxygens (including phenoxy) is 1. The van der Waals surface area contributed by atoms with E-state index in [0.29, 0.717) is 0 Å². The van der Waals surface area contributed by atoms with Gasteiger partial charge in [0, 0.05) is 6.54 Å². The van der Waals surface area contributed by atoms with Crippen LogP contribution in [0.4, 0.5) is 4.79 Å². The van der Waals surface area contributed by atoms with Gasteiger partial charge in [-0.25, -0.2) is 9.59 Å². The fraction of sp³-hybridized carbons (Fsp3) is 0.429. The highest BCUT2D eigenvalue weighted by Crippen LogP contribution is 1.90. The Morgan fingerprint density at radius 2 is 2.15 bits per heavy atom. The maximum Gasteiger partial charge on any atom is 0.407 e. The van der Waals surface area contributed by atoms with Crippen LogP contribution in [0.1, 0.15) is 0 Å². The summed E-state index contributed by atoms with van der Waals surface area (Å²) in [5.41, 5.74) is 0. The van der Waals surface area contributed by atoms with Gasteiger partial charge in [-0.1, -0.05) is 6.58 Å². The van der Waals surface area contributed by atoms with E-state index in [1.807, 2.05) is 0 Å². The molecule has 0 unspecified atom stereocenters. The monoisotopic (exact) mass is 189 g/mol. The van der Waals surface area contributed by atoms with Crippen LogP contribution >= 0.6 is 0 Å². The zero-order valence-corrected chi connectivity index (χ0v) is 6.97. The smallest absolute Gasteiger partial charge is 0.407 e. The molecule has 0 bridgehead atoms. The minimum atomic E-state index is -1.28. The minimum Gasteiger partial charge on any atom is -0.465 e. The maximum absolute atomic E-state index is 10.8. The molecule has 1 amide bonds. The third-order valence-electron chi connectivity index (χ3n) is 1.18. The highest BCUT2D eigenvalue weighted by molar-refractivity contribution is 5.77. The Hall–Kier alpha value is -1.56. The lowest BCUT2D eigenvalue weighted by molar-refractivity contribution is -0.138. The third-order valence-corrected chi connectivity index (χ3v) is 1.18. The summed E-state index contributed by atoms with van der Waals surface area (Å²) in [7, 11) is 0. The molecule has 0 aliphatic rings. The summed E-state index contributed by atoms with van der Waals surface area (Å²) < 4.78 is 4.31. The van der Waals surface area contributed by atoms with Crippen molar-refractivity contribution in [3.8, 4) is 0 Å². The van der Waals surface area contributed by atoms with Crippen molar-refractivity contribution in [2.75, 3.05) is 19.7 Å². The van der Waals surface area contributed by atoms with Gasteiger partial charge < -0.3 is 14.9 Å². The number of hydrogen-bond donors (Lipinski definition) is 2. The van der Waals surface area contributed by atoms with E-state index in [1.54, 1.807) is 0 Å². The number of nitrogens with zero attached hydrogens (tertiary/aromatic N) is 1. The lowest BCUT2D eigenvalue weighted by Crippen LogP contribution is -2.36. The van der Waals surface area contributed by atoms with Gasteiger partial charge >= 0.3 is 12.1 Å². The number of carbonyl (C=O) groups is 2. The number of rotatable bonds is 5. The van der Waals surface area contributed by atoms with E-state index in [-0.39, 0.29) is 13.2 Å². The Kier molecular flexibility index (Phi) is 5.29. The van der Waals surface area contributed by atoms with Gasteiger partial charge in [0.25, 0.3) is 0 Å². The molecular weight excluding hydrogens is 178 g/mol. The van der Waals surface area contributed by atoms with Crippen molar-refractivity contribution in [3.63, 3.8) is 0 Å². The number of carbonyl (C=O) groups excluding carboxylic acids is 1. The summed E-state index contributed by atoms with van der Waals surface area (Å²) in [6.45, 7) is 2.26. The van der Waals surface area contributed by atoms with Crippen LogP contribution in [0.15, 0.2) is 12.8 Å². The standard InChI is InChI=1S/C7H11NO5/c1-2-13-6(10)5-8(3-4-9)7(11)12/h2,9H,1,3-5H2,(H,11,12). The van der Waals surface area contributed by atoms with Crippen molar-refractivity contribution in [2.24, 2.45) is 0 Å². The van der Waals surface area contributed by atoms with Gasteiger partial charge in [0.15, 0.2) is 0 Å². The predicted octanol–water partition coefficient (Wildman–Crippen LogP) is -0.355. The first kappa shape index (κ1) is 11.4. The molecule has 0 aromatic heterocycles. The Labute approximate surface area is 75.0 Å². The largest absolute Gasteiger partial charge is 0.465 e. The quantitative estimate of drug-likeness (QED) is 0.455. The first-order valence-corrected chi connectivity index (χ1v) is 3.51. The van der Waals surface area contributed by atoms with Crippen LogP contribution in [0.5, 0.6) is 0 Å². The molecule has 74 valence electrons. The van der Waals surface area contributed by atoms with E-state index in [9.17, 15) is 9.59 Å². The molecule has 13 heavy (non-hydrogen) atoms. The van der Waals surface area contributed by atoms with Crippen molar-refractivity contribution < 1.29 is 24.5 Å². The predicted molar refractivity (Wildman–Crippen MR) is 43.0 cm³/mol. The number of aliphatic hydroxyl groups is 1. The molecule has 0 aliphatic heterocycles. The molecule has 0 spiro atoms. The highest BCUT2D eigenvalue weighted by Gasteiger charge is 2.15. The Balaban J connectivity index is 4.01. The molecule has 0 radical (unpaired) electrons. The van der Waals surface area contributed by atoms with Gasteiger partial charge in [0.2, 0.25) is 0 Å². The van der Waals surface area contributed by atoms with Crippen molar-refractivity contribution >= 4 is 12.1 Å². The second-order valence-electron chi connectivity index (χ2n) is 2.08. The summed E-state index contributed by atoms with van der Waals surface area (Å²) in [5.74, 6) is -0.731. The molecule has 0 aromatic rings. The average Bonchev–Trinajstić information content (AvgIpc) is 2.04. The average molecular weight is 189 g/mol. The van der Waals surface area contributed by atoms with Crippen LogP contribution in [0.25, 0.3) is 0 Å². The number of hydrogen-bond acceptors (Lipinski definition) is 4. The number of carboxylic acid groups (broad SMARTS) is 1. The second kappa shape index (κ2) is 6.01. The molecule has 0 aromatic carbocycles. The van der Waals surface area contributed by atoms with Crippen molar-refractivity contribution in [2.45, 2.75) is 0 Å². The lowest BCUT2D eigenvalue weighted by atomic mass is 10.5. The van der Waals surface area contributed by atoms with Crippen LogP contribution < -0.4 is 0 Å². The summed E-state index contributed by atoms with van der Waals surface area (Å²) in [4.78, 5) is 21.9. The minimum absolute atomic E-state index is 0.123. The Morgan fingerprint density at radius 3 is 2.54 bits per heavy atom. The van der Waals surface area contributed by atoms with Gasteiger partial charge in [-0.3, -0.25) is 4.90 Å². The van der Waals surface area contributed by atoms with Crippen molar-refractivity contribution in [3.05, 3.63) is 12.8 Å². The molecule has 0 saturated heterocycles. The van der Waals surface area contributed by atoms with Crippen LogP contribution in [0.3, 0.4) is 0 Å². The molecule has 6 heteroatoms. The van der Waals surface area contributed by atoms with E-state index < -0.39 is 18.6 Å². The van der Waals surface area contributed by atoms with E-state index in [1.165, 1.54) is 0 Å². The molecule has 0 fully saturated rings. The van der Waals surface area contributed by atoms with Crippen LogP contribution in [0, 0.1) is 0 Å². The van der Waals surface area contributed by atoms with Crippen LogP contribution in [-0.4, -0.2) is 46.9 Å². The third kappa shape index (κ3) is 4.81. The molecule has 0 saturated carbocycles. The molecule has 0 aliphatic carbocycles. The van der Waals surface area contributed by atoms with Gasteiger partial charge in [0.05, 0.1) is 12.9 Å². The Bertz CT molecular complexity index is 203. The first-order chi connectivity index (χ1) is 6.11. The number of amides is 1. The first-order valence-electron chi connectivity index (χ1n) is 3.51. The summed E-state index contributed by atoms with van der Waals surface area (Å²) in [6.07, 6.45) is -0.364. The van der Waals surface area contributed by atoms with Gasteiger partial charge in [-0.15, -0.1) is 0 Å². The molecule has 0 heterocycles. The molecule has 6 nitrogen and oxygen atoms in total. The van der Waals surface area contributed by atoms with Gasteiger partial charge in [-0.05, 0) is 0 Å². The molecular formula is C7H11NO5. The Morgan fingerprint density at radius 1 is 1.54 bits per heavy atom. The van der Waals surface area contributed by atoms with E-state index in [2.05, 4.69) is 11.3 Å². The topological polar surface area (TPSA) is 87.1 Å². The highest BCUT2D eigenvalue weighted by atomic mass is 16.5. The maximum atomic E-state index is 10.8. The molecule has 2 N–H and O–H groups in total. The second-order valence-corrected chi connectivity index (χ2v) is 2.08. The summed E-state index contributed by atoms with van der Waals surface area (Å²) in [5, 5.41) is 17.0. The van der Waals surface area contributed by atoms with E-state index in [0.717, 1.165) is 11.2 Å². The van der Waals surface area contributed by atoms with E-state index >= 15 is 0 Å².